The third kappa shape index (κ3) is 5.95. The Morgan fingerprint density at radius 3 is 2.28 bits per heavy atom. The van der Waals surface area contributed by atoms with Crippen molar-refractivity contribution in [2.24, 2.45) is 0 Å². The Morgan fingerprint density at radius 1 is 1.12 bits per heavy atom. The maximum Gasteiger partial charge on any atom is 0.235 e. The molecule has 0 spiro atoms. The second kappa shape index (κ2) is 8.22. The molecule has 0 aromatic heterocycles. The fraction of sp³-hybridized carbons (Fsp3) is 0.278. The van der Waals surface area contributed by atoms with Crippen LogP contribution in [0.4, 0.5) is 4.39 Å². The minimum atomic E-state index is -3.59. The Bertz CT molecular complexity index is 808. The molecule has 2 aromatic rings. The van der Waals surface area contributed by atoms with Gasteiger partial charge in [0.1, 0.15) is 5.82 Å². The molecule has 0 saturated carbocycles. The summed E-state index contributed by atoms with van der Waals surface area (Å²) in [6.45, 7) is 1.54. The minimum absolute atomic E-state index is 0.00620. The van der Waals surface area contributed by atoms with E-state index >= 15 is 0 Å². The van der Waals surface area contributed by atoms with E-state index in [9.17, 15) is 17.6 Å². The van der Waals surface area contributed by atoms with Gasteiger partial charge in [-0.25, -0.2) is 12.8 Å². The minimum Gasteiger partial charge on any atom is -0.348 e. The van der Waals surface area contributed by atoms with Crippen LogP contribution in [0, 0.1) is 5.82 Å². The van der Waals surface area contributed by atoms with E-state index in [1.165, 1.54) is 24.3 Å². The van der Waals surface area contributed by atoms with Crippen molar-refractivity contribution in [1.82, 2.24) is 9.62 Å². The summed E-state index contributed by atoms with van der Waals surface area (Å²) in [6, 6.07) is 14.7. The number of hydrogen-bond donors (Lipinski definition) is 1. The van der Waals surface area contributed by atoms with E-state index in [-0.39, 0.29) is 19.1 Å². The number of hydrogen-bond acceptors (Lipinski definition) is 3. The van der Waals surface area contributed by atoms with Gasteiger partial charge in [0.05, 0.1) is 18.8 Å². The van der Waals surface area contributed by atoms with Crippen LogP contribution in [0.5, 0.6) is 0 Å². The van der Waals surface area contributed by atoms with E-state index in [1.54, 1.807) is 0 Å². The molecule has 1 atom stereocenters. The number of halogens is 1. The van der Waals surface area contributed by atoms with Crippen LogP contribution in [-0.2, 0) is 21.4 Å². The van der Waals surface area contributed by atoms with Crippen molar-refractivity contribution in [3.05, 3.63) is 71.5 Å². The lowest BCUT2D eigenvalue weighted by Gasteiger charge is -2.21. The maximum absolute atomic E-state index is 13.0. The molecule has 1 N–H and O–H groups in total. The predicted octanol–water partition coefficient (Wildman–Crippen LogP) is 2.46. The Balaban J connectivity index is 2.04. The first-order valence-corrected chi connectivity index (χ1v) is 9.64. The fourth-order valence-electron chi connectivity index (χ4n) is 2.36. The Morgan fingerprint density at radius 2 is 1.72 bits per heavy atom. The van der Waals surface area contributed by atoms with Gasteiger partial charge in [0.25, 0.3) is 0 Å². The highest BCUT2D eigenvalue weighted by Gasteiger charge is 2.21. The van der Waals surface area contributed by atoms with Crippen LogP contribution in [0.15, 0.2) is 54.6 Å². The number of carbonyl (C=O) groups excluding carboxylic acids is 1. The summed E-state index contributed by atoms with van der Waals surface area (Å²) in [4.78, 5) is 12.3. The van der Waals surface area contributed by atoms with Gasteiger partial charge in [-0.3, -0.25) is 4.79 Å². The Labute approximate surface area is 147 Å². The van der Waals surface area contributed by atoms with Crippen LogP contribution in [0.3, 0.4) is 0 Å². The molecule has 5 nitrogen and oxygen atoms in total. The SMILES string of the molecule is CC(NC(=O)CN(Cc1ccc(F)cc1)S(C)(=O)=O)c1ccccc1. The molecule has 7 heteroatoms. The molecule has 0 saturated heterocycles. The summed E-state index contributed by atoms with van der Waals surface area (Å²) in [5, 5.41) is 2.79. The number of benzene rings is 2. The zero-order chi connectivity index (χ0) is 18.4. The van der Waals surface area contributed by atoms with Crippen LogP contribution in [0.1, 0.15) is 24.1 Å². The van der Waals surface area contributed by atoms with Crippen LogP contribution < -0.4 is 5.32 Å². The van der Waals surface area contributed by atoms with Crippen LogP contribution >= 0.6 is 0 Å². The van der Waals surface area contributed by atoms with Crippen molar-refractivity contribution in [3.8, 4) is 0 Å². The average molecular weight is 364 g/mol. The molecule has 134 valence electrons. The lowest BCUT2D eigenvalue weighted by atomic mass is 10.1. The van der Waals surface area contributed by atoms with Crippen molar-refractivity contribution >= 4 is 15.9 Å². The lowest BCUT2D eigenvalue weighted by Crippen LogP contribution is -2.40. The molecule has 25 heavy (non-hydrogen) atoms. The predicted molar refractivity (Wildman–Crippen MR) is 94.7 cm³/mol. The highest BCUT2D eigenvalue weighted by molar-refractivity contribution is 7.88. The summed E-state index contributed by atoms with van der Waals surface area (Å²) in [7, 11) is -3.59. The third-order valence-electron chi connectivity index (χ3n) is 3.74. The number of rotatable bonds is 7. The van der Waals surface area contributed by atoms with Gasteiger partial charge in [0, 0.05) is 6.54 Å². The molecule has 0 aliphatic rings. The third-order valence-corrected chi connectivity index (χ3v) is 4.93. The zero-order valence-corrected chi connectivity index (χ0v) is 15.0. The van der Waals surface area contributed by atoms with Gasteiger partial charge >= 0.3 is 0 Å². The van der Waals surface area contributed by atoms with Crippen LogP contribution in [-0.4, -0.2) is 31.4 Å². The van der Waals surface area contributed by atoms with Crippen molar-refractivity contribution in [2.45, 2.75) is 19.5 Å². The maximum atomic E-state index is 13.0. The monoisotopic (exact) mass is 364 g/mol. The molecule has 1 unspecified atom stereocenters. The number of amides is 1. The molecule has 0 radical (unpaired) electrons. The summed E-state index contributed by atoms with van der Waals surface area (Å²) in [6.07, 6.45) is 1.05. The first kappa shape index (κ1) is 19.1. The quantitative estimate of drug-likeness (QED) is 0.821. The van der Waals surface area contributed by atoms with Crippen LogP contribution in [0.25, 0.3) is 0 Å². The largest absolute Gasteiger partial charge is 0.348 e. The van der Waals surface area contributed by atoms with Crippen molar-refractivity contribution in [2.75, 3.05) is 12.8 Å². The molecule has 0 bridgehead atoms. The first-order chi connectivity index (χ1) is 11.8. The highest BCUT2D eigenvalue weighted by atomic mass is 32.2. The van der Waals surface area contributed by atoms with E-state index in [0.29, 0.717) is 5.56 Å². The molecule has 1 amide bonds. The van der Waals surface area contributed by atoms with Crippen LogP contribution in [0.2, 0.25) is 0 Å². The van der Waals surface area contributed by atoms with E-state index in [0.717, 1.165) is 16.1 Å². The number of nitrogens with one attached hydrogen (secondary N) is 1. The molecule has 0 fully saturated rings. The first-order valence-electron chi connectivity index (χ1n) is 7.79. The van der Waals surface area contributed by atoms with Gasteiger partial charge in [0.2, 0.25) is 15.9 Å². The summed E-state index contributed by atoms with van der Waals surface area (Å²) in [5.41, 5.74) is 1.54. The summed E-state index contributed by atoms with van der Waals surface area (Å²) < 4.78 is 38.0. The van der Waals surface area contributed by atoms with E-state index in [4.69, 9.17) is 0 Å². The van der Waals surface area contributed by atoms with Crippen molar-refractivity contribution < 1.29 is 17.6 Å². The number of nitrogens with zero attached hydrogens (tertiary/aromatic N) is 1. The van der Waals surface area contributed by atoms with Gasteiger partial charge in [-0.2, -0.15) is 4.31 Å². The normalized spacial score (nSPS) is 12.8. The van der Waals surface area contributed by atoms with E-state index in [1.807, 2.05) is 37.3 Å². The molecule has 0 aliphatic carbocycles. The van der Waals surface area contributed by atoms with Gasteiger partial charge in [-0.1, -0.05) is 42.5 Å². The van der Waals surface area contributed by atoms with Crippen molar-refractivity contribution in [1.29, 1.82) is 0 Å². The Hall–Kier alpha value is -2.25. The molecule has 2 rings (SSSR count). The lowest BCUT2D eigenvalue weighted by molar-refractivity contribution is -0.122. The van der Waals surface area contributed by atoms with Crippen molar-refractivity contribution in [3.63, 3.8) is 0 Å². The smallest absolute Gasteiger partial charge is 0.235 e. The van der Waals surface area contributed by atoms with Gasteiger partial charge in [-0.15, -0.1) is 0 Å². The second-order valence-corrected chi connectivity index (χ2v) is 7.84. The summed E-state index contributed by atoms with van der Waals surface area (Å²) >= 11 is 0. The highest BCUT2D eigenvalue weighted by Crippen LogP contribution is 2.13. The fourth-order valence-corrected chi connectivity index (χ4v) is 3.09. The molecule has 2 aromatic carbocycles. The zero-order valence-electron chi connectivity index (χ0n) is 14.1. The molecule has 0 heterocycles. The van der Waals surface area contributed by atoms with Gasteiger partial charge < -0.3 is 5.32 Å². The molecular weight excluding hydrogens is 343 g/mol. The Kier molecular flexibility index (Phi) is 6.27. The average Bonchev–Trinajstić information content (AvgIpc) is 2.56. The van der Waals surface area contributed by atoms with E-state index in [2.05, 4.69) is 5.32 Å². The number of sulfonamides is 1. The molecule has 0 aliphatic heterocycles. The molecular formula is C18H21FN2O3S. The van der Waals surface area contributed by atoms with Gasteiger partial charge in [0.15, 0.2) is 0 Å². The second-order valence-electron chi connectivity index (χ2n) is 5.86. The summed E-state index contributed by atoms with van der Waals surface area (Å²) in [5.74, 6) is -0.798. The van der Waals surface area contributed by atoms with E-state index < -0.39 is 21.7 Å². The topological polar surface area (TPSA) is 66.5 Å². The number of carbonyl (C=O) groups is 1. The van der Waals surface area contributed by atoms with Gasteiger partial charge in [-0.05, 0) is 30.2 Å². The standard InChI is InChI=1S/C18H21FN2O3S/c1-14(16-6-4-3-5-7-16)20-18(22)13-21(25(2,23)24)12-15-8-10-17(19)11-9-15/h3-11,14H,12-13H2,1-2H3,(H,20,22).